The fraction of sp³-hybridized carbons (Fsp3) is 0.235. The minimum atomic E-state index is -2.84. The number of nitrogens with zero attached hydrogens (tertiary/aromatic N) is 4. The van der Waals surface area contributed by atoms with Gasteiger partial charge in [0.1, 0.15) is 23.1 Å². The monoisotopic (exact) mass is 431 g/mol. The van der Waals surface area contributed by atoms with Crippen LogP contribution in [0.25, 0.3) is 0 Å². The number of carbonyl (C=O) groups excluding carboxylic acids is 1. The normalized spacial score (nSPS) is 11.2. The van der Waals surface area contributed by atoms with Crippen molar-refractivity contribution in [1.29, 1.82) is 0 Å². The third-order valence-electron chi connectivity index (χ3n) is 3.87. The topological polar surface area (TPSA) is 64.7 Å². The lowest BCUT2D eigenvalue weighted by Gasteiger charge is -2.05. The van der Waals surface area contributed by atoms with Crippen molar-refractivity contribution in [2.24, 2.45) is 0 Å². The Morgan fingerprint density at radius 3 is 2.68 bits per heavy atom. The van der Waals surface area contributed by atoms with Gasteiger partial charge in [0.15, 0.2) is 5.82 Å². The third kappa shape index (κ3) is 4.48. The SMILES string of the molecule is Cc1c(Cl)c(C(F)F)nn1CC(=O)Nc1nn(Cc2cccc(F)c2)cc1Cl. The van der Waals surface area contributed by atoms with Crippen molar-refractivity contribution in [1.82, 2.24) is 19.6 Å². The van der Waals surface area contributed by atoms with Gasteiger partial charge in [0.25, 0.3) is 6.43 Å². The highest BCUT2D eigenvalue weighted by Gasteiger charge is 2.22. The van der Waals surface area contributed by atoms with Crippen LogP contribution in [0.3, 0.4) is 0 Å². The number of amides is 1. The van der Waals surface area contributed by atoms with E-state index in [0.717, 1.165) is 4.68 Å². The Morgan fingerprint density at radius 2 is 2.04 bits per heavy atom. The predicted octanol–water partition coefficient (Wildman–Crippen LogP) is 4.46. The van der Waals surface area contributed by atoms with Gasteiger partial charge in [-0.05, 0) is 24.6 Å². The number of hydrogen-bond acceptors (Lipinski definition) is 3. The standard InChI is InChI=1S/C17H14Cl2F3N5O/c1-9-14(19)15(16(21)22)24-27(9)8-13(28)23-17-12(18)7-26(25-17)6-10-3-2-4-11(20)5-10/h2-5,7,16H,6,8H2,1H3,(H,23,25,28). The van der Waals surface area contributed by atoms with Gasteiger partial charge in [0.2, 0.25) is 5.91 Å². The van der Waals surface area contributed by atoms with Crippen molar-refractivity contribution in [3.63, 3.8) is 0 Å². The molecule has 0 radical (unpaired) electrons. The zero-order valence-electron chi connectivity index (χ0n) is 14.5. The number of hydrogen-bond donors (Lipinski definition) is 1. The van der Waals surface area contributed by atoms with Crippen molar-refractivity contribution in [3.05, 3.63) is 63.3 Å². The first kappa shape index (κ1) is 20.2. The fourth-order valence-corrected chi connectivity index (χ4v) is 2.95. The number of rotatable bonds is 6. The average molecular weight is 432 g/mol. The van der Waals surface area contributed by atoms with E-state index in [2.05, 4.69) is 15.5 Å². The molecule has 0 aliphatic rings. The molecule has 6 nitrogen and oxygen atoms in total. The van der Waals surface area contributed by atoms with E-state index in [-0.39, 0.29) is 40.5 Å². The number of alkyl halides is 2. The molecule has 0 aliphatic carbocycles. The maximum Gasteiger partial charge on any atom is 0.283 e. The summed E-state index contributed by atoms with van der Waals surface area (Å²) in [5.41, 5.74) is 0.331. The lowest BCUT2D eigenvalue weighted by Crippen LogP contribution is -2.21. The molecule has 0 unspecified atom stereocenters. The molecule has 0 spiro atoms. The largest absolute Gasteiger partial charge is 0.306 e. The van der Waals surface area contributed by atoms with Crippen LogP contribution in [0, 0.1) is 12.7 Å². The number of halogens is 5. The molecule has 0 fully saturated rings. The van der Waals surface area contributed by atoms with Gasteiger partial charge in [-0.15, -0.1) is 0 Å². The van der Waals surface area contributed by atoms with Gasteiger partial charge < -0.3 is 5.32 Å². The summed E-state index contributed by atoms with van der Waals surface area (Å²) in [6.07, 6.45) is -1.36. The summed E-state index contributed by atoms with van der Waals surface area (Å²) in [7, 11) is 0. The van der Waals surface area contributed by atoms with E-state index in [1.165, 1.54) is 29.9 Å². The van der Waals surface area contributed by atoms with Gasteiger partial charge in [-0.1, -0.05) is 35.3 Å². The molecule has 0 atom stereocenters. The van der Waals surface area contributed by atoms with E-state index in [1.807, 2.05) is 0 Å². The first-order chi connectivity index (χ1) is 13.2. The summed E-state index contributed by atoms with van der Waals surface area (Å²) < 4.78 is 41.5. The molecule has 0 aliphatic heterocycles. The first-order valence-corrected chi connectivity index (χ1v) is 8.78. The fourth-order valence-electron chi connectivity index (χ4n) is 2.53. The second-order valence-corrected chi connectivity index (χ2v) is 6.73. The molecule has 1 N–H and O–H groups in total. The van der Waals surface area contributed by atoms with Crippen LogP contribution >= 0.6 is 23.2 Å². The highest BCUT2D eigenvalue weighted by molar-refractivity contribution is 6.33. The van der Waals surface area contributed by atoms with E-state index in [4.69, 9.17) is 23.2 Å². The Bertz CT molecular complexity index is 1020. The third-order valence-corrected chi connectivity index (χ3v) is 4.61. The zero-order valence-corrected chi connectivity index (χ0v) is 16.0. The van der Waals surface area contributed by atoms with Crippen molar-refractivity contribution in [2.45, 2.75) is 26.4 Å². The van der Waals surface area contributed by atoms with E-state index < -0.39 is 18.0 Å². The van der Waals surface area contributed by atoms with Gasteiger partial charge in [-0.3, -0.25) is 14.2 Å². The lowest BCUT2D eigenvalue weighted by atomic mass is 10.2. The van der Waals surface area contributed by atoms with Crippen molar-refractivity contribution in [2.75, 3.05) is 5.32 Å². The first-order valence-electron chi connectivity index (χ1n) is 8.02. The van der Waals surface area contributed by atoms with Crippen LogP contribution in [-0.4, -0.2) is 25.5 Å². The molecule has 1 amide bonds. The Kier molecular flexibility index (Phi) is 5.95. The summed E-state index contributed by atoms with van der Waals surface area (Å²) in [6, 6.07) is 5.98. The number of nitrogens with one attached hydrogen (secondary N) is 1. The smallest absolute Gasteiger partial charge is 0.283 e. The highest BCUT2D eigenvalue weighted by atomic mass is 35.5. The number of anilines is 1. The molecular weight excluding hydrogens is 418 g/mol. The molecule has 11 heteroatoms. The minimum Gasteiger partial charge on any atom is -0.306 e. The quantitative estimate of drug-likeness (QED) is 0.626. The Balaban J connectivity index is 1.69. The van der Waals surface area contributed by atoms with Crippen LogP contribution in [0.1, 0.15) is 23.4 Å². The Labute approximate surface area is 167 Å². The van der Waals surface area contributed by atoms with Crippen molar-refractivity contribution >= 4 is 34.9 Å². The maximum absolute atomic E-state index is 13.3. The van der Waals surface area contributed by atoms with E-state index in [9.17, 15) is 18.0 Å². The molecular formula is C17H14Cl2F3N5O. The Morgan fingerprint density at radius 1 is 1.29 bits per heavy atom. The summed E-state index contributed by atoms with van der Waals surface area (Å²) in [6.45, 7) is 1.39. The van der Waals surface area contributed by atoms with Gasteiger partial charge in [-0.2, -0.15) is 10.2 Å². The molecule has 0 bridgehead atoms. The van der Waals surface area contributed by atoms with Crippen LogP contribution in [0.2, 0.25) is 10.0 Å². The summed E-state index contributed by atoms with van der Waals surface area (Å²) in [5, 5.41) is 10.3. The van der Waals surface area contributed by atoms with Gasteiger partial charge >= 0.3 is 0 Å². The molecule has 1 aromatic carbocycles. The summed E-state index contributed by atoms with van der Waals surface area (Å²) >= 11 is 11.9. The summed E-state index contributed by atoms with van der Waals surface area (Å²) in [4.78, 5) is 12.2. The zero-order chi connectivity index (χ0) is 20.4. The van der Waals surface area contributed by atoms with Crippen LogP contribution < -0.4 is 5.32 Å². The highest BCUT2D eigenvalue weighted by Crippen LogP contribution is 2.28. The average Bonchev–Trinajstić information content (AvgIpc) is 3.09. The molecule has 3 aromatic rings. The summed E-state index contributed by atoms with van der Waals surface area (Å²) in [5.74, 6) is -0.852. The molecule has 2 aromatic heterocycles. The molecule has 3 rings (SSSR count). The molecule has 28 heavy (non-hydrogen) atoms. The second-order valence-electron chi connectivity index (χ2n) is 5.94. The van der Waals surface area contributed by atoms with Gasteiger partial charge in [0, 0.05) is 6.20 Å². The maximum atomic E-state index is 13.3. The van der Waals surface area contributed by atoms with E-state index >= 15 is 0 Å². The van der Waals surface area contributed by atoms with Crippen molar-refractivity contribution < 1.29 is 18.0 Å². The lowest BCUT2D eigenvalue weighted by molar-refractivity contribution is -0.117. The second kappa shape index (κ2) is 8.24. The van der Waals surface area contributed by atoms with Gasteiger partial charge in [-0.25, -0.2) is 13.2 Å². The van der Waals surface area contributed by atoms with Crippen molar-refractivity contribution in [3.8, 4) is 0 Å². The molecule has 148 valence electrons. The molecule has 0 saturated heterocycles. The number of aromatic nitrogens is 4. The Hall–Kier alpha value is -2.52. The minimum absolute atomic E-state index is 0.0908. The van der Waals surface area contributed by atoms with E-state index in [0.29, 0.717) is 5.56 Å². The predicted molar refractivity (Wildman–Crippen MR) is 98.3 cm³/mol. The van der Waals surface area contributed by atoms with Crippen LogP contribution in [0.5, 0.6) is 0 Å². The van der Waals surface area contributed by atoms with Crippen LogP contribution in [0.15, 0.2) is 30.5 Å². The van der Waals surface area contributed by atoms with Crippen LogP contribution in [0.4, 0.5) is 19.0 Å². The number of benzene rings is 1. The van der Waals surface area contributed by atoms with E-state index in [1.54, 1.807) is 12.1 Å². The molecule has 0 saturated carbocycles. The van der Waals surface area contributed by atoms with Crippen LogP contribution in [-0.2, 0) is 17.9 Å². The molecule has 2 heterocycles. The number of carbonyl (C=O) groups is 1. The van der Waals surface area contributed by atoms with Gasteiger partial charge in [0.05, 0.1) is 17.3 Å².